The largest absolute Gasteiger partial charge is 0.508 e. The Morgan fingerprint density at radius 1 is 1.35 bits per heavy atom. The molecule has 1 aromatic rings. The minimum atomic E-state index is -0.215. The Morgan fingerprint density at radius 3 is 2.70 bits per heavy atom. The Labute approximate surface area is 119 Å². The van der Waals surface area contributed by atoms with E-state index in [0.717, 1.165) is 25.8 Å². The molecule has 0 unspecified atom stereocenters. The number of piperidine rings is 1. The van der Waals surface area contributed by atoms with Crippen LogP contribution in [0.25, 0.3) is 0 Å². The summed E-state index contributed by atoms with van der Waals surface area (Å²) in [5, 5.41) is 22.6. The quantitative estimate of drug-likeness (QED) is 0.733. The van der Waals surface area contributed by atoms with Crippen LogP contribution in [0.1, 0.15) is 36.5 Å². The molecule has 1 fully saturated rings. The molecule has 2 rings (SSSR count). The van der Waals surface area contributed by atoms with Crippen molar-refractivity contribution in [2.45, 2.75) is 32.2 Å². The van der Waals surface area contributed by atoms with Crippen LogP contribution in [0, 0.1) is 0 Å². The van der Waals surface area contributed by atoms with Crippen LogP contribution in [-0.4, -0.2) is 46.7 Å². The van der Waals surface area contributed by atoms with Crippen molar-refractivity contribution in [1.82, 2.24) is 10.2 Å². The van der Waals surface area contributed by atoms with E-state index in [2.05, 4.69) is 12.2 Å². The van der Waals surface area contributed by atoms with Gasteiger partial charge in [0.05, 0.1) is 5.56 Å². The van der Waals surface area contributed by atoms with E-state index in [0.29, 0.717) is 19.1 Å². The van der Waals surface area contributed by atoms with Crippen LogP contribution in [0.4, 0.5) is 0 Å². The van der Waals surface area contributed by atoms with E-state index < -0.39 is 0 Å². The van der Waals surface area contributed by atoms with Crippen molar-refractivity contribution >= 4 is 5.91 Å². The minimum Gasteiger partial charge on any atom is -0.508 e. The lowest BCUT2D eigenvalue weighted by Gasteiger charge is -2.32. The summed E-state index contributed by atoms with van der Waals surface area (Å²) < 4.78 is 0. The number of nitrogens with one attached hydrogen (secondary N) is 1. The molecule has 1 aliphatic heterocycles. The fraction of sp³-hybridized carbons (Fsp3) is 0.533. The second-order valence-electron chi connectivity index (χ2n) is 5.22. The maximum absolute atomic E-state index is 12.3. The second-order valence-corrected chi connectivity index (χ2v) is 5.22. The van der Waals surface area contributed by atoms with Crippen LogP contribution in [0.15, 0.2) is 18.2 Å². The highest BCUT2D eigenvalue weighted by Gasteiger charge is 2.24. The highest BCUT2D eigenvalue weighted by molar-refractivity contribution is 5.97. The molecule has 0 radical (unpaired) electrons. The zero-order valence-electron chi connectivity index (χ0n) is 11.8. The predicted molar refractivity (Wildman–Crippen MR) is 77.0 cm³/mol. The lowest BCUT2D eigenvalue weighted by Crippen LogP contribution is -2.45. The zero-order chi connectivity index (χ0) is 14.5. The number of hydrogen-bond donors (Lipinski definition) is 3. The number of phenolic OH excluding ortho intramolecular Hbond substituents is 2. The summed E-state index contributed by atoms with van der Waals surface area (Å²) in [6, 6.07) is 4.50. The van der Waals surface area contributed by atoms with E-state index in [9.17, 15) is 15.0 Å². The monoisotopic (exact) mass is 278 g/mol. The maximum Gasteiger partial charge on any atom is 0.257 e. The number of hydrogen-bond acceptors (Lipinski definition) is 4. The van der Waals surface area contributed by atoms with Gasteiger partial charge in [-0.05, 0) is 44.0 Å². The Morgan fingerprint density at radius 2 is 2.05 bits per heavy atom. The number of aromatic hydroxyl groups is 2. The average molecular weight is 278 g/mol. The smallest absolute Gasteiger partial charge is 0.257 e. The van der Waals surface area contributed by atoms with Crippen LogP contribution < -0.4 is 5.32 Å². The third-order valence-corrected chi connectivity index (χ3v) is 3.68. The van der Waals surface area contributed by atoms with Crippen molar-refractivity contribution in [3.05, 3.63) is 23.8 Å². The van der Waals surface area contributed by atoms with Crippen molar-refractivity contribution in [3.63, 3.8) is 0 Å². The van der Waals surface area contributed by atoms with Crippen molar-refractivity contribution in [1.29, 1.82) is 0 Å². The topological polar surface area (TPSA) is 72.8 Å². The van der Waals surface area contributed by atoms with Crippen molar-refractivity contribution in [2.24, 2.45) is 0 Å². The fourth-order valence-corrected chi connectivity index (χ4v) is 2.50. The van der Waals surface area contributed by atoms with Crippen molar-refractivity contribution in [3.8, 4) is 11.5 Å². The normalized spacial score (nSPS) is 16.4. The molecule has 1 aromatic carbocycles. The molecule has 3 N–H and O–H groups in total. The lowest BCUT2D eigenvalue weighted by atomic mass is 10.0. The number of nitrogens with zero attached hydrogens (tertiary/aromatic N) is 1. The number of likely N-dealkylation sites (tertiary alicyclic amines) is 1. The molecule has 20 heavy (non-hydrogen) atoms. The summed E-state index contributed by atoms with van der Waals surface area (Å²) in [5.41, 5.74) is 0.171. The van der Waals surface area contributed by atoms with E-state index >= 15 is 0 Å². The van der Waals surface area contributed by atoms with Gasteiger partial charge in [-0.3, -0.25) is 4.79 Å². The summed E-state index contributed by atoms with van der Waals surface area (Å²) in [6.45, 7) is 4.49. The van der Waals surface area contributed by atoms with E-state index in [1.54, 1.807) is 4.90 Å². The molecule has 5 heteroatoms. The Kier molecular flexibility index (Phi) is 4.84. The maximum atomic E-state index is 12.3. The molecule has 0 aliphatic carbocycles. The molecule has 1 saturated heterocycles. The molecule has 110 valence electrons. The molecule has 1 amide bonds. The summed E-state index contributed by atoms with van der Waals surface area (Å²) in [6.07, 6.45) is 2.95. The standard InChI is InChI=1S/C15H22N2O3/c1-2-7-16-11-5-8-17(9-6-11)15(20)13-10-12(18)3-4-14(13)19/h3-4,10-11,16,18-19H,2,5-9H2,1H3. The summed E-state index contributed by atoms with van der Waals surface area (Å²) in [7, 11) is 0. The van der Waals surface area contributed by atoms with Gasteiger partial charge in [-0.15, -0.1) is 0 Å². The minimum absolute atomic E-state index is 0.00866. The Hall–Kier alpha value is -1.75. The zero-order valence-corrected chi connectivity index (χ0v) is 11.8. The third kappa shape index (κ3) is 3.42. The van der Waals surface area contributed by atoms with Gasteiger partial charge in [-0.1, -0.05) is 6.92 Å². The van der Waals surface area contributed by atoms with Crippen LogP contribution >= 0.6 is 0 Å². The second kappa shape index (κ2) is 6.61. The van der Waals surface area contributed by atoms with Gasteiger partial charge in [0.15, 0.2) is 0 Å². The Bertz CT molecular complexity index is 468. The first-order valence-corrected chi connectivity index (χ1v) is 7.16. The van der Waals surface area contributed by atoms with Crippen molar-refractivity contribution < 1.29 is 15.0 Å². The number of phenols is 2. The number of rotatable bonds is 4. The highest BCUT2D eigenvalue weighted by Crippen LogP contribution is 2.24. The van der Waals surface area contributed by atoms with Gasteiger partial charge in [0.1, 0.15) is 11.5 Å². The molecule has 1 aliphatic rings. The van der Waals surface area contributed by atoms with E-state index in [-0.39, 0.29) is 23.0 Å². The van der Waals surface area contributed by atoms with Gasteiger partial charge in [0.2, 0.25) is 0 Å². The first kappa shape index (κ1) is 14.7. The molecule has 0 bridgehead atoms. The van der Waals surface area contributed by atoms with Gasteiger partial charge < -0.3 is 20.4 Å². The predicted octanol–water partition coefficient (Wildman–Crippen LogP) is 1.70. The summed E-state index contributed by atoms with van der Waals surface area (Å²) in [4.78, 5) is 14.1. The first-order chi connectivity index (χ1) is 9.61. The summed E-state index contributed by atoms with van der Waals surface area (Å²) >= 11 is 0. The molecule has 0 saturated carbocycles. The molecule has 0 atom stereocenters. The molecule has 5 nitrogen and oxygen atoms in total. The van der Waals surface area contributed by atoms with E-state index in [1.807, 2.05) is 0 Å². The van der Waals surface area contributed by atoms with Crippen LogP contribution in [0.2, 0.25) is 0 Å². The van der Waals surface area contributed by atoms with Crippen LogP contribution in [0.5, 0.6) is 11.5 Å². The van der Waals surface area contributed by atoms with Gasteiger partial charge in [0, 0.05) is 19.1 Å². The highest BCUT2D eigenvalue weighted by atomic mass is 16.3. The molecule has 1 heterocycles. The van der Waals surface area contributed by atoms with E-state index in [4.69, 9.17) is 0 Å². The van der Waals surface area contributed by atoms with Gasteiger partial charge in [0.25, 0.3) is 5.91 Å². The molecular formula is C15H22N2O3. The van der Waals surface area contributed by atoms with Crippen molar-refractivity contribution in [2.75, 3.05) is 19.6 Å². The van der Waals surface area contributed by atoms with Crippen LogP contribution in [0.3, 0.4) is 0 Å². The first-order valence-electron chi connectivity index (χ1n) is 7.16. The number of carbonyl (C=O) groups is 1. The molecule has 0 aromatic heterocycles. The number of benzene rings is 1. The summed E-state index contributed by atoms with van der Waals surface area (Å²) in [5.74, 6) is -0.308. The average Bonchev–Trinajstić information content (AvgIpc) is 2.47. The van der Waals surface area contributed by atoms with Gasteiger partial charge >= 0.3 is 0 Å². The fourth-order valence-electron chi connectivity index (χ4n) is 2.50. The molecular weight excluding hydrogens is 256 g/mol. The number of carbonyl (C=O) groups excluding carboxylic acids is 1. The Balaban J connectivity index is 1.96. The molecule has 0 spiro atoms. The van der Waals surface area contributed by atoms with Crippen LogP contribution in [-0.2, 0) is 0 Å². The van der Waals surface area contributed by atoms with E-state index in [1.165, 1.54) is 18.2 Å². The SMILES string of the molecule is CCCNC1CCN(C(=O)c2cc(O)ccc2O)CC1. The third-order valence-electron chi connectivity index (χ3n) is 3.68. The lowest BCUT2D eigenvalue weighted by molar-refractivity contribution is 0.0702. The number of amides is 1. The van der Waals surface area contributed by atoms with Gasteiger partial charge in [-0.2, -0.15) is 0 Å². The van der Waals surface area contributed by atoms with Gasteiger partial charge in [-0.25, -0.2) is 0 Å².